The molecule has 1 fully saturated rings. The highest BCUT2D eigenvalue weighted by Gasteiger charge is 2.28. The predicted octanol–water partition coefficient (Wildman–Crippen LogP) is 2.03. The van der Waals surface area contributed by atoms with Crippen molar-refractivity contribution in [3.05, 3.63) is 36.4 Å². The monoisotopic (exact) mass is 362 g/mol. The van der Waals surface area contributed by atoms with Gasteiger partial charge in [0.2, 0.25) is 0 Å². The second-order valence-electron chi connectivity index (χ2n) is 6.96. The second kappa shape index (κ2) is 9.59. The Bertz CT molecular complexity index is 610. The Morgan fingerprint density at radius 1 is 1.35 bits per heavy atom. The van der Waals surface area contributed by atoms with Crippen molar-refractivity contribution in [3.8, 4) is 11.5 Å². The van der Waals surface area contributed by atoms with Crippen LogP contribution in [0.1, 0.15) is 19.4 Å². The Hall–Kier alpha value is -2.05. The number of ether oxygens (including phenoxy) is 3. The summed E-state index contributed by atoms with van der Waals surface area (Å²) in [4.78, 5) is 14.5. The molecule has 0 radical (unpaired) electrons. The van der Waals surface area contributed by atoms with Crippen molar-refractivity contribution in [2.24, 2.45) is 0 Å². The van der Waals surface area contributed by atoms with E-state index in [0.717, 1.165) is 38.3 Å². The molecule has 1 aromatic rings. The van der Waals surface area contributed by atoms with E-state index < -0.39 is 0 Å². The maximum absolute atomic E-state index is 12.2. The summed E-state index contributed by atoms with van der Waals surface area (Å²) >= 11 is 0. The molecule has 1 aliphatic heterocycles. The van der Waals surface area contributed by atoms with Gasteiger partial charge in [0.1, 0.15) is 0 Å². The molecule has 0 atom stereocenters. The molecule has 1 saturated heterocycles. The molecule has 6 nitrogen and oxygen atoms in total. The van der Waals surface area contributed by atoms with E-state index in [2.05, 4.69) is 30.6 Å². The van der Waals surface area contributed by atoms with Crippen LogP contribution in [0.3, 0.4) is 0 Å². The van der Waals surface area contributed by atoms with Gasteiger partial charge in [0.25, 0.3) is 5.91 Å². The molecular formula is C20H30N2O4. The minimum absolute atomic E-state index is 0.0453. The average molecular weight is 362 g/mol. The van der Waals surface area contributed by atoms with Crippen molar-refractivity contribution in [1.82, 2.24) is 10.2 Å². The molecule has 1 N–H and O–H groups in total. The third-order valence-electron chi connectivity index (χ3n) is 4.55. The van der Waals surface area contributed by atoms with Crippen molar-refractivity contribution in [1.29, 1.82) is 0 Å². The van der Waals surface area contributed by atoms with Crippen LogP contribution in [0, 0.1) is 0 Å². The van der Waals surface area contributed by atoms with Crippen molar-refractivity contribution >= 4 is 5.91 Å². The van der Waals surface area contributed by atoms with Gasteiger partial charge in [-0.05, 0) is 38.0 Å². The SMILES string of the molecule is C=CCc1ccc(OCC(=O)NCC(C)(C)N2CCOCC2)c(OC)c1. The van der Waals surface area contributed by atoms with E-state index in [1.807, 2.05) is 24.3 Å². The van der Waals surface area contributed by atoms with Crippen LogP contribution in [0.25, 0.3) is 0 Å². The number of rotatable bonds is 9. The lowest BCUT2D eigenvalue weighted by atomic mass is 10.0. The minimum Gasteiger partial charge on any atom is -0.493 e. The highest BCUT2D eigenvalue weighted by atomic mass is 16.5. The first kappa shape index (κ1) is 20.3. The van der Waals surface area contributed by atoms with Gasteiger partial charge in [-0.1, -0.05) is 12.1 Å². The number of allylic oxidation sites excluding steroid dienone is 1. The fourth-order valence-corrected chi connectivity index (χ4v) is 2.91. The van der Waals surface area contributed by atoms with Crippen LogP contribution in [0.5, 0.6) is 11.5 Å². The van der Waals surface area contributed by atoms with Gasteiger partial charge in [0, 0.05) is 25.2 Å². The number of nitrogens with zero attached hydrogens (tertiary/aromatic N) is 1. The van der Waals surface area contributed by atoms with Crippen LogP contribution < -0.4 is 14.8 Å². The summed E-state index contributed by atoms with van der Waals surface area (Å²) in [6.07, 6.45) is 2.59. The maximum atomic E-state index is 12.2. The van der Waals surface area contributed by atoms with Crippen molar-refractivity contribution < 1.29 is 19.0 Å². The number of hydrogen-bond acceptors (Lipinski definition) is 5. The Morgan fingerprint density at radius 2 is 2.08 bits per heavy atom. The van der Waals surface area contributed by atoms with Gasteiger partial charge in [-0.15, -0.1) is 6.58 Å². The van der Waals surface area contributed by atoms with E-state index in [9.17, 15) is 4.79 Å². The number of amides is 1. The average Bonchev–Trinajstić information content (AvgIpc) is 2.66. The number of benzene rings is 1. The lowest BCUT2D eigenvalue weighted by molar-refractivity contribution is -0.123. The quantitative estimate of drug-likeness (QED) is 0.681. The number of hydrogen-bond donors (Lipinski definition) is 1. The molecule has 0 saturated carbocycles. The minimum atomic E-state index is -0.149. The van der Waals surface area contributed by atoms with E-state index in [1.165, 1.54) is 0 Å². The summed E-state index contributed by atoms with van der Waals surface area (Å²) < 4.78 is 16.4. The number of carbonyl (C=O) groups is 1. The summed E-state index contributed by atoms with van der Waals surface area (Å²) in [6.45, 7) is 11.7. The third-order valence-corrected chi connectivity index (χ3v) is 4.55. The zero-order chi connectivity index (χ0) is 19.0. The Labute approximate surface area is 156 Å². The van der Waals surface area contributed by atoms with Crippen LogP contribution >= 0.6 is 0 Å². The van der Waals surface area contributed by atoms with E-state index in [0.29, 0.717) is 18.0 Å². The van der Waals surface area contributed by atoms with Gasteiger partial charge in [0.05, 0.1) is 20.3 Å². The Balaban J connectivity index is 1.83. The summed E-state index contributed by atoms with van der Waals surface area (Å²) in [5, 5.41) is 2.96. The summed E-state index contributed by atoms with van der Waals surface area (Å²) in [7, 11) is 1.59. The van der Waals surface area contributed by atoms with Crippen LogP contribution in [0.15, 0.2) is 30.9 Å². The van der Waals surface area contributed by atoms with Gasteiger partial charge in [-0.3, -0.25) is 9.69 Å². The zero-order valence-corrected chi connectivity index (χ0v) is 16.0. The summed E-state index contributed by atoms with van der Waals surface area (Å²) in [5.74, 6) is 1.03. The third kappa shape index (κ3) is 5.75. The smallest absolute Gasteiger partial charge is 0.258 e. The van der Waals surface area contributed by atoms with Crippen molar-refractivity contribution in [3.63, 3.8) is 0 Å². The molecule has 2 rings (SSSR count). The van der Waals surface area contributed by atoms with Crippen LogP contribution in [-0.2, 0) is 16.0 Å². The van der Waals surface area contributed by atoms with Gasteiger partial charge < -0.3 is 19.5 Å². The maximum Gasteiger partial charge on any atom is 0.258 e. The largest absolute Gasteiger partial charge is 0.493 e. The first-order valence-electron chi connectivity index (χ1n) is 8.96. The first-order chi connectivity index (χ1) is 12.5. The lowest BCUT2D eigenvalue weighted by Crippen LogP contribution is -2.55. The molecule has 1 aromatic carbocycles. The van der Waals surface area contributed by atoms with E-state index in [4.69, 9.17) is 14.2 Å². The van der Waals surface area contributed by atoms with Gasteiger partial charge in [-0.25, -0.2) is 0 Å². The van der Waals surface area contributed by atoms with Crippen LogP contribution in [0.4, 0.5) is 0 Å². The normalized spacial score (nSPS) is 15.3. The lowest BCUT2D eigenvalue weighted by Gasteiger charge is -2.40. The topological polar surface area (TPSA) is 60.0 Å². The Kier molecular flexibility index (Phi) is 7.48. The molecule has 0 aromatic heterocycles. The Morgan fingerprint density at radius 3 is 2.73 bits per heavy atom. The molecule has 1 heterocycles. The van der Waals surface area contributed by atoms with Crippen molar-refractivity contribution in [2.75, 3.05) is 46.6 Å². The molecule has 0 bridgehead atoms. The number of nitrogens with one attached hydrogen (secondary N) is 1. The molecule has 1 amide bonds. The standard InChI is InChI=1S/C20H30N2O4/c1-5-6-16-7-8-17(18(13-16)24-4)26-14-19(23)21-15-20(2,3)22-9-11-25-12-10-22/h5,7-8,13H,1,6,9-12,14-15H2,2-4H3,(H,21,23). The van der Waals surface area contributed by atoms with E-state index in [-0.39, 0.29) is 18.1 Å². The highest BCUT2D eigenvalue weighted by Crippen LogP contribution is 2.28. The van der Waals surface area contributed by atoms with Gasteiger partial charge >= 0.3 is 0 Å². The number of carbonyl (C=O) groups excluding carboxylic acids is 1. The molecule has 0 spiro atoms. The highest BCUT2D eigenvalue weighted by molar-refractivity contribution is 5.77. The first-order valence-corrected chi connectivity index (χ1v) is 8.96. The van der Waals surface area contributed by atoms with Crippen molar-refractivity contribution in [2.45, 2.75) is 25.8 Å². The number of morpholine rings is 1. The molecule has 26 heavy (non-hydrogen) atoms. The fourth-order valence-electron chi connectivity index (χ4n) is 2.91. The van der Waals surface area contributed by atoms with Crippen LogP contribution in [0.2, 0.25) is 0 Å². The van der Waals surface area contributed by atoms with Crippen LogP contribution in [-0.4, -0.2) is 62.9 Å². The van der Waals surface area contributed by atoms with E-state index in [1.54, 1.807) is 7.11 Å². The summed E-state index contributed by atoms with van der Waals surface area (Å²) in [5.41, 5.74) is 0.963. The zero-order valence-electron chi connectivity index (χ0n) is 16.0. The summed E-state index contributed by atoms with van der Waals surface area (Å²) in [6, 6.07) is 5.66. The fraction of sp³-hybridized carbons (Fsp3) is 0.550. The second-order valence-corrected chi connectivity index (χ2v) is 6.96. The van der Waals surface area contributed by atoms with Gasteiger partial charge in [0.15, 0.2) is 18.1 Å². The molecule has 6 heteroatoms. The van der Waals surface area contributed by atoms with Gasteiger partial charge in [-0.2, -0.15) is 0 Å². The predicted molar refractivity (Wildman–Crippen MR) is 102 cm³/mol. The molecule has 0 unspecified atom stereocenters. The molecule has 1 aliphatic rings. The molecule has 144 valence electrons. The number of methoxy groups -OCH3 is 1. The molecule has 0 aliphatic carbocycles. The van der Waals surface area contributed by atoms with E-state index >= 15 is 0 Å². The molecular weight excluding hydrogens is 332 g/mol.